The van der Waals surface area contributed by atoms with Crippen molar-refractivity contribution in [1.29, 1.82) is 5.26 Å². The fourth-order valence-electron chi connectivity index (χ4n) is 7.19. The Morgan fingerprint density at radius 2 is 2.09 bits per heavy atom. The van der Waals surface area contributed by atoms with Gasteiger partial charge in [-0.05, 0) is 80.1 Å². The fourth-order valence-corrected chi connectivity index (χ4v) is 7.46. The molecule has 2 saturated heterocycles. The second-order valence-electron chi connectivity index (χ2n) is 12.3. The Labute approximate surface area is 264 Å². The SMILES string of the molecule is [C-]#[N+]C[C@H]1CN(c2c(C#N)c(OC[C@@H]3CCCN3C)nc3cc(-c4cccc5c4CC(C)C5)c(Cl)cc23)CCN1C(=O)C=C. The molecule has 0 radical (unpaired) electrons. The van der Waals surface area contributed by atoms with E-state index in [0.29, 0.717) is 59.8 Å². The van der Waals surface area contributed by atoms with E-state index in [1.165, 1.54) is 17.2 Å². The number of likely N-dealkylation sites (N-methyl/N-ethyl adjacent to an activating group) is 1. The van der Waals surface area contributed by atoms with Crippen LogP contribution in [-0.2, 0) is 17.6 Å². The molecular formula is C35H37ClN6O2. The van der Waals surface area contributed by atoms with Crippen LogP contribution < -0.4 is 9.64 Å². The highest BCUT2D eigenvalue weighted by molar-refractivity contribution is 6.34. The molecule has 1 unspecified atom stereocenters. The zero-order chi connectivity index (χ0) is 31.0. The second-order valence-corrected chi connectivity index (χ2v) is 12.7. The zero-order valence-corrected chi connectivity index (χ0v) is 26.1. The summed E-state index contributed by atoms with van der Waals surface area (Å²) in [6.07, 6.45) is 5.51. The number of likely N-dealkylation sites (tertiary alicyclic amines) is 1. The molecule has 2 aromatic carbocycles. The maximum atomic E-state index is 12.6. The molecule has 6 rings (SSSR count). The summed E-state index contributed by atoms with van der Waals surface area (Å²) in [4.78, 5) is 27.3. The first-order chi connectivity index (χ1) is 21.3. The standard InChI is InChI=1S/C35H37ClN6O2/c1-5-33(43)42-13-12-41(20-25(42)19-38-3)34-29-16-31(36)28(26-10-6-8-23-14-22(2)15-27(23)26)17-32(29)39-35(30(34)18-37)44-21-24-9-7-11-40(24)4/h5-6,8,10,16-17,22,24-25H,1,7,9,11-15,19-21H2,2,4H3/t22?,24-,25-/m0/s1. The summed E-state index contributed by atoms with van der Waals surface area (Å²) in [7, 11) is 2.10. The first kappa shape index (κ1) is 29.9. The molecule has 226 valence electrons. The van der Waals surface area contributed by atoms with Crippen molar-refractivity contribution in [1.82, 2.24) is 14.8 Å². The molecule has 3 atom stereocenters. The molecule has 1 aliphatic carbocycles. The highest BCUT2D eigenvalue weighted by atomic mass is 35.5. The van der Waals surface area contributed by atoms with Crippen molar-refractivity contribution in [2.24, 2.45) is 5.92 Å². The molecule has 0 saturated carbocycles. The number of halogens is 1. The normalized spacial score (nSPS) is 21.6. The Hall–Kier alpha value is -4.11. The molecule has 44 heavy (non-hydrogen) atoms. The number of ether oxygens (including phenoxy) is 1. The van der Waals surface area contributed by atoms with Crippen molar-refractivity contribution in [3.63, 3.8) is 0 Å². The molecule has 1 amide bonds. The lowest BCUT2D eigenvalue weighted by atomic mass is 9.95. The van der Waals surface area contributed by atoms with Gasteiger partial charge in [0.15, 0.2) is 0 Å². The van der Waals surface area contributed by atoms with Crippen LogP contribution in [0.4, 0.5) is 5.69 Å². The highest BCUT2D eigenvalue weighted by Crippen LogP contribution is 2.43. The predicted molar refractivity (Wildman–Crippen MR) is 174 cm³/mol. The van der Waals surface area contributed by atoms with E-state index in [1.54, 1.807) is 4.90 Å². The summed E-state index contributed by atoms with van der Waals surface area (Å²) in [5.41, 5.74) is 6.47. The number of nitriles is 1. The maximum Gasteiger partial charge on any atom is 0.246 e. The summed E-state index contributed by atoms with van der Waals surface area (Å²) in [5.74, 6) is 0.694. The summed E-state index contributed by atoms with van der Waals surface area (Å²) < 4.78 is 6.38. The minimum atomic E-state index is -0.346. The summed E-state index contributed by atoms with van der Waals surface area (Å²) in [6.45, 7) is 16.3. The minimum Gasteiger partial charge on any atom is -0.475 e. The van der Waals surface area contributed by atoms with Gasteiger partial charge in [-0.25, -0.2) is 11.6 Å². The average molecular weight is 609 g/mol. The van der Waals surface area contributed by atoms with E-state index < -0.39 is 0 Å². The number of nitrogens with zero attached hydrogens (tertiary/aromatic N) is 6. The lowest BCUT2D eigenvalue weighted by molar-refractivity contribution is -0.128. The van der Waals surface area contributed by atoms with Crippen molar-refractivity contribution in [2.45, 2.75) is 44.7 Å². The van der Waals surface area contributed by atoms with Crippen LogP contribution in [0, 0.1) is 23.8 Å². The Morgan fingerprint density at radius 1 is 1.25 bits per heavy atom. The number of rotatable bonds is 7. The van der Waals surface area contributed by atoms with Crippen molar-refractivity contribution in [3.8, 4) is 23.1 Å². The van der Waals surface area contributed by atoms with Gasteiger partial charge in [-0.15, -0.1) is 0 Å². The number of aromatic nitrogens is 1. The van der Waals surface area contributed by atoms with Gasteiger partial charge >= 0.3 is 0 Å². The van der Waals surface area contributed by atoms with Crippen LogP contribution in [0.3, 0.4) is 0 Å². The molecule has 3 aromatic rings. The molecule has 0 spiro atoms. The number of pyridine rings is 1. The number of carbonyl (C=O) groups excluding carboxylic acids is 1. The van der Waals surface area contributed by atoms with Gasteiger partial charge in [-0.3, -0.25) is 4.79 Å². The minimum absolute atomic E-state index is 0.154. The van der Waals surface area contributed by atoms with Crippen molar-refractivity contribution in [3.05, 3.63) is 76.1 Å². The van der Waals surface area contributed by atoms with Crippen LogP contribution in [-0.4, -0.2) is 79.2 Å². The smallest absolute Gasteiger partial charge is 0.246 e. The Bertz CT molecular complexity index is 1710. The molecule has 2 fully saturated rings. The number of hydrogen-bond donors (Lipinski definition) is 0. The molecule has 3 aliphatic rings. The third kappa shape index (κ3) is 5.49. The van der Waals surface area contributed by atoms with E-state index in [-0.39, 0.29) is 24.5 Å². The monoisotopic (exact) mass is 608 g/mol. The van der Waals surface area contributed by atoms with Crippen molar-refractivity contribution in [2.75, 3.05) is 51.3 Å². The molecule has 1 aromatic heterocycles. The molecule has 3 heterocycles. The molecule has 8 nitrogen and oxygen atoms in total. The van der Waals surface area contributed by atoms with E-state index in [2.05, 4.69) is 59.5 Å². The lowest BCUT2D eigenvalue weighted by Gasteiger charge is -2.40. The van der Waals surface area contributed by atoms with Crippen LogP contribution in [0.5, 0.6) is 5.88 Å². The molecule has 0 N–H and O–H groups in total. The molecular weight excluding hydrogens is 572 g/mol. The predicted octanol–water partition coefficient (Wildman–Crippen LogP) is 5.76. The molecule has 9 heteroatoms. The Morgan fingerprint density at radius 3 is 2.82 bits per heavy atom. The number of amides is 1. The number of carbonyl (C=O) groups is 1. The van der Waals surface area contributed by atoms with Gasteiger partial charge in [-0.2, -0.15) is 5.26 Å². The quantitative estimate of drug-likeness (QED) is 0.251. The summed E-state index contributed by atoms with van der Waals surface area (Å²) >= 11 is 7.08. The second kappa shape index (κ2) is 12.5. The van der Waals surface area contributed by atoms with Gasteiger partial charge in [0.05, 0.1) is 11.2 Å². The number of anilines is 1. The lowest BCUT2D eigenvalue weighted by Crippen LogP contribution is -2.56. The van der Waals surface area contributed by atoms with Gasteiger partial charge in [-0.1, -0.05) is 43.3 Å². The van der Waals surface area contributed by atoms with Gasteiger partial charge < -0.3 is 24.3 Å². The third-order valence-corrected chi connectivity index (χ3v) is 9.76. The average Bonchev–Trinajstić information content (AvgIpc) is 3.62. The van der Waals surface area contributed by atoms with Gasteiger partial charge in [0.25, 0.3) is 0 Å². The van der Waals surface area contributed by atoms with E-state index in [9.17, 15) is 10.1 Å². The molecule has 0 bridgehead atoms. The molecule has 2 aliphatic heterocycles. The van der Waals surface area contributed by atoms with Crippen LogP contribution in [0.1, 0.15) is 36.5 Å². The van der Waals surface area contributed by atoms with Gasteiger partial charge in [0.2, 0.25) is 18.3 Å². The van der Waals surface area contributed by atoms with Crippen LogP contribution in [0.25, 0.3) is 26.9 Å². The summed E-state index contributed by atoms with van der Waals surface area (Å²) in [6, 6.07) is 12.7. The number of benzene rings is 2. The van der Waals surface area contributed by atoms with E-state index >= 15 is 0 Å². The van der Waals surface area contributed by atoms with Crippen LogP contribution >= 0.6 is 11.6 Å². The van der Waals surface area contributed by atoms with E-state index in [1.807, 2.05) is 12.1 Å². The van der Waals surface area contributed by atoms with Gasteiger partial charge in [0.1, 0.15) is 24.3 Å². The largest absolute Gasteiger partial charge is 0.475 e. The third-order valence-electron chi connectivity index (χ3n) is 9.45. The van der Waals surface area contributed by atoms with Crippen LogP contribution in [0.2, 0.25) is 5.02 Å². The number of hydrogen-bond acceptors (Lipinski definition) is 6. The number of piperazine rings is 1. The fraction of sp³-hybridized carbons (Fsp3) is 0.429. The van der Waals surface area contributed by atoms with E-state index in [4.69, 9.17) is 27.9 Å². The topological polar surface area (TPSA) is 77.1 Å². The van der Waals surface area contributed by atoms with Crippen molar-refractivity contribution >= 4 is 34.1 Å². The Kier molecular flexibility index (Phi) is 8.49. The van der Waals surface area contributed by atoms with Crippen LogP contribution in [0.15, 0.2) is 43.0 Å². The Balaban J connectivity index is 1.49. The van der Waals surface area contributed by atoms with Gasteiger partial charge in [0, 0.05) is 41.6 Å². The maximum absolute atomic E-state index is 12.6. The highest BCUT2D eigenvalue weighted by Gasteiger charge is 2.35. The van der Waals surface area contributed by atoms with Crippen molar-refractivity contribution < 1.29 is 9.53 Å². The van der Waals surface area contributed by atoms with E-state index in [0.717, 1.165) is 48.7 Å². The number of fused-ring (bicyclic) bond motifs is 2. The summed E-state index contributed by atoms with van der Waals surface area (Å²) in [5, 5.41) is 11.9. The first-order valence-corrected chi connectivity index (χ1v) is 15.7. The first-order valence-electron chi connectivity index (χ1n) is 15.4. The zero-order valence-electron chi connectivity index (χ0n) is 25.4.